The number of fused-ring (bicyclic) bond motifs is 1. The summed E-state index contributed by atoms with van der Waals surface area (Å²) < 4.78 is 11.2. The number of guanidine groups is 1. The lowest BCUT2D eigenvalue weighted by molar-refractivity contribution is 0.110. The van der Waals surface area contributed by atoms with E-state index in [-0.39, 0.29) is 0 Å². The summed E-state index contributed by atoms with van der Waals surface area (Å²) in [6, 6.07) is 12.6. The lowest BCUT2D eigenvalue weighted by atomic mass is 10.1. The number of nitrogens with one attached hydrogen (secondary N) is 1. The van der Waals surface area contributed by atoms with E-state index < -0.39 is 0 Å². The van der Waals surface area contributed by atoms with Gasteiger partial charge in [0, 0.05) is 17.9 Å². The zero-order chi connectivity index (χ0) is 19.1. The molecule has 0 saturated heterocycles. The molecule has 27 heavy (non-hydrogen) atoms. The minimum atomic E-state index is 0.411. The van der Waals surface area contributed by atoms with E-state index in [1.807, 2.05) is 26.0 Å². The van der Waals surface area contributed by atoms with E-state index in [4.69, 9.17) is 15.2 Å². The molecule has 5 heteroatoms. The van der Waals surface area contributed by atoms with E-state index >= 15 is 0 Å². The van der Waals surface area contributed by atoms with Crippen LogP contribution in [0.15, 0.2) is 41.4 Å². The maximum Gasteiger partial charge on any atom is 0.193 e. The maximum absolute atomic E-state index is 6.10. The number of benzene rings is 2. The lowest BCUT2D eigenvalue weighted by Crippen LogP contribution is -2.22. The molecule has 2 aromatic rings. The Morgan fingerprint density at radius 3 is 2.81 bits per heavy atom. The summed E-state index contributed by atoms with van der Waals surface area (Å²) in [6.07, 6.45) is 3.56. The van der Waals surface area contributed by atoms with E-state index in [1.54, 1.807) is 0 Å². The smallest absolute Gasteiger partial charge is 0.193 e. The molecule has 0 amide bonds. The average Bonchev–Trinajstić information content (AvgIpc) is 3.12. The summed E-state index contributed by atoms with van der Waals surface area (Å²) in [5, 5.41) is 3.20. The molecule has 3 N–H and O–H groups in total. The molecule has 0 atom stereocenters. The zero-order valence-corrected chi connectivity index (χ0v) is 16.3. The Kier molecular flexibility index (Phi) is 6.71. The minimum Gasteiger partial charge on any atom is -0.491 e. The van der Waals surface area contributed by atoms with Crippen LogP contribution in [0.1, 0.15) is 35.6 Å². The highest BCUT2D eigenvalue weighted by Crippen LogP contribution is 2.25. The number of aryl methyl sites for hydroxylation is 3. The van der Waals surface area contributed by atoms with Gasteiger partial charge in [0.25, 0.3) is 0 Å². The molecular formula is C22H29N3O2. The van der Waals surface area contributed by atoms with Crippen molar-refractivity contribution in [1.29, 1.82) is 0 Å². The minimum absolute atomic E-state index is 0.411. The highest BCUT2D eigenvalue weighted by Gasteiger charge is 2.11. The number of aliphatic imine (C=N–C) groups is 1. The first-order valence-corrected chi connectivity index (χ1v) is 9.64. The van der Waals surface area contributed by atoms with E-state index in [0.717, 1.165) is 29.0 Å². The van der Waals surface area contributed by atoms with Crippen molar-refractivity contribution in [2.24, 2.45) is 10.7 Å². The molecule has 0 unspecified atom stereocenters. The molecule has 0 heterocycles. The second-order valence-corrected chi connectivity index (χ2v) is 6.82. The molecule has 0 aliphatic heterocycles. The predicted octanol–water partition coefficient (Wildman–Crippen LogP) is 3.83. The molecule has 0 bridgehead atoms. The molecule has 0 spiro atoms. The third kappa shape index (κ3) is 5.47. The van der Waals surface area contributed by atoms with Gasteiger partial charge in [-0.1, -0.05) is 18.2 Å². The van der Waals surface area contributed by atoms with Crippen molar-refractivity contribution in [2.45, 2.75) is 39.7 Å². The molecule has 0 aromatic heterocycles. The Bertz CT molecular complexity index is 802. The fourth-order valence-corrected chi connectivity index (χ4v) is 3.29. The van der Waals surface area contributed by atoms with E-state index in [0.29, 0.717) is 32.3 Å². The molecule has 1 aliphatic carbocycles. The second-order valence-electron chi connectivity index (χ2n) is 6.82. The van der Waals surface area contributed by atoms with Crippen LogP contribution in [-0.4, -0.2) is 25.8 Å². The van der Waals surface area contributed by atoms with E-state index in [2.05, 4.69) is 34.6 Å². The van der Waals surface area contributed by atoms with Crippen LogP contribution in [0, 0.1) is 6.92 Å². The third-order valence-electron chi connectivity index (χ3n) is 4.70. The molecule has 1 aliphatic rings. The van der Waals surface area contributed by atoms with Crippen LogP contribution < -0.4 is 15.8 Å². The summed E-state index contributed by atoms with van der Waals surface area (Å²) in [5.74, 6) is 1.25. The van der Waals surface area contributed by atoms with Crippen molar-refractivity contribution in [3.63, 3.8) is 0 Å². The van der Waals surface area contributed by atoms with Crippen molar-refractivity contribution < 1.29 is 9.47 Å². The molecule has 2 aromatic carbocycles. The van der Waals surface area contributed by atoms with Crippen molar-refractivity contribution >= 4 is 11.6 Å². The van der Waals surface area contributed by atoms with Gasteiger partial charge in [0.05, 0.1) is 13.2 Å². The van der Waals surface area contributed by atoms with Crippen LogP contribution in [0.5, 0.6) is 5.75 Å². The van der Waals surface area contributed by atoms with Gasteiger partial charge in [0.1, 0.15) is 12.4 Å². The summed E-state index contributed by atoms with van der Waals surface area (Å²) >= 11 is 0. The predicted molar refractivity (Wildman–Crippen MR) is 111 cm³/mol. The van der Waals surface area contributed by atoms with Crippen LogP contribution in [0.2, 0.25) is 0 Å². The van der Waals surface area contributed by atoms with Crippen molar-refractivity contribution in [3.8, 4) is 5.75 Å². The molecule has 0 fully saturated rings. The number of ether oxygens (including phenoxy) is 2. The fourth-order valence-electron chi connectivity index (χ4n) is 3.29. The van der Waals surface area contributed by atoms with Crippen LogP contribution in [0.25, 0.3) is 0 Å². The Morgan fingerprint density at radius 2 is 1.96 bits per heavy atom. The molecule has 5 nitrogen and oxygen atoms in total. The highest BCUT2D eigenvalue weighted by atomic mass is 16.5. The van der Waals surface area contributed by atoms with Gasteiger partial charge in [-0.3, -0.25) is 0 Å². The third-order valence-corrected chi connectivity index (χ3v) is 4.70. The first kappa shape index (κ1) is 19.2. The van der Waals surface area contributed by atoms with Crippen molar-refractivity contribution in [1.82, 2.24) is 0 Å². The number of hydrogen-bond donors (Lipinski definition) is 2. The number of hydrogen-bond acceptors (Lipinski definition) is 3. The Hall–Kier alpha value is -2.53. The molecule has 144 valence electrons. The molecular weight excluding hydrogens is 338 g/mol. The molecule has 0 radical (unpaired) electrons. The van der Waals surface area contributed by atoms with Gasteiger partial charge >= 0.3 is 0 Å². The Morgan fingerprint density at radius 1 is 1.11 bits per heavy atom. The standard InChI is InChI=1S/C22H29N3O2/c1-3-26-11-12-27-21-13-16(2)7-8-19(21)15-24-22(23)25-20-10-9-17-5-4-6-18(17)14-20/h7-10,13-14H,3-6,11-12,15H2,1-2H3,(H3,23,24,25). The zero-order valence-electron chi connectivity index (χ0n) is 16.3. The Balaban J connectivity index is 1.62. The normalized spacial score (nSPS) is 13.5. The average molecular weight is 367 g/mol. The van der Waals surface area contributed by atoms with Crippen molar-refractivity contribution in [2.75, 3.05) is 25.1 Å². The van der Waals surface area contributed by atoms with Gasteiger partial charge in [-0.15, -0.1) is 0 Å². The molecule has 0 saturated carbocycles. The first-order chi connectivity index (χ1) is 13.2. The van der Waals surface area contributed by atoms with Crippen LogP contribution in [0.3, 0.4) is 0 Å². The topological polar surface area (TPSA) is 68.9 Å². The largest absolute Gasteiger partial charge is 0.491 e. The monoisotopic (exact) mass is 367 g/mol. The first-order valence-electron chi connectivity index (χ1n) is 9.64. The fraction of sp³-hybridized carbons (Fsp3) is 0.409. The Labute approximate surface area is 161 Å². The SMILES string of the molecule is CCOCCOc1cc(C)ccc1CN=C(N)Nc1ccc2c(c1)CCC2. The number of nitrogens with two attached hydrogens (primary N) is 1. The second kappa shape index (κ2) is 9.42. The van der Waals surface area contributed by atoms with Gasteiger partial charge in [0.15, 0.2) is 5.96 Å². The van der Waals surface area contributed by atoms with Crippen molar-refractivity contribution in [3.05, 3.63) is 58.7 Å². The van der Waals surface area contributed by atoms with Gasteiger partial charge < -0.3 is 20.5 Å². The van der Waals surface area contributed by atoms with Gasteiger partial charge in [0.2, 0.25) is 0 Å². The number of anilines is 1. The number of rotatable bonds is 8. The quantitative estimate of drug-likeness (QED) is 0.423. The van der Waals surface area contributed by atoms with Gasteiger partial charge in [-0.25, -0.2) is 4.99 Å². The summed E-state index contributed by atoms with van der Waals surface area (Å²) in [5.41, 5.74) is 12.1. The summed E-state index contributed by atoms with van der Waals surface area (Å²) in [4.78, 5) is 4.49. The summed E-state index contributed by atoms with van der Waals surface area (Å²) in [6.45, 7) is 6.29. The van der Waals surface area contributed by atoms with Gasteiger partial charge in [-0.05, 0) is 68.0 Å². The van der Waals surface area contributed by atoms with Crippen LogP contribution in [-0.2, 0) is 24.1 Å². The van der Waals surface area contributed by atoms with Gasteiger partial charge in [-0.2, -0.15) is 0 Å². The summed E-state index contributed by atoms with van der Waals surface area (Å²) in [7, 11) is 0. The molecule has 3 rings (SSSR count). The van der Waals surface area contributed by atoms with Crippen LogP contribution in [0.4, 0.5) is 5.69 Å². The highest BCUT2D eigenvalue weighted by molar-refractivity contribution is 5.92. The lowest BCUT2D eigenvalue weighted by Gasteiger charge is -2.12. The van der Waals surface area contributed by atoms with Crippen LogP contribution >= 0.6 is 0 Å². The van der Waals surface area contributed by atoms with E-state index in [1.165, 1.54) is 24.0 Å². The number of nitrogens with zero attached hydrogens (tertiary/aromatic N) is 1. The maximum atomic E-state index is 6.10. The van der Waals surface area contributed by atoms with E-state index in [9.17, 15) is 0 Å².